The van der Waals surface area contributed by atoms with Crippen molar-refractivity contribution in [2.75, 3.05) is 17.7 Å². The van der Waals surface area contributed by atoms with E-state index in [1.165, 1.54) is 0 Å². The summed E-state index contributed by atoms with van der Waals surface area (Å²) in [6.45, 7) is 1.97. The van der Waals surface area contributed by atoms with Gasteiger partial charge in [0.25, 0.3) is 0 Å². The summed E-state index contributed by atoms with van der Waals surface area (Å²) >= 11 is 6.19. The first-order valence-electron chi connectivity index (χ1n) is 6.13. The highest BCUT2D eigenvalue weighted by Gasteiger charge is 2.19. The lowest BCUT2D eigenvalue weighted by molar-refractivity contribution is 0.470. The molecular formula is C12H16ClN5OS. The average Bonchev–Trinajstić information content (AvgIpc) is 2.85. The number of nitrogens with zero attached hydrogens (tertiary/aromatic N) is 4. The molecule has 0 saturated heterocycles. The second kappa shape index (κ2) is 6.32. The zero-order valence-corrected chi connectivity index (χ0v) is 12.9. The van der Waals surface area contributed by atoms with E-state index in [-0.39, 0.29) is 6.04 Å². The molecule has 2 rings (SSSR count). The van der Waals surface area contributed by atoms with E-state index in [2.05, 4.69) is 15.5 Å². The van der Waals surface area contributed by atoms with Crippen LogP contribution in [0, 0.1) is 0 Å². The van der Waals surface area contributed by atoms with Crippen molar-refractivity contribution in [1.82, 2.24) is 20.2 Å². The molecule has 2 unspecified atom stereocenters. The standard InChI is InChI=1S/C12H16ClN5OS/c1-8(6-7-20(2)19)18-12(15-16-17-18)11-9(13)4-3-5-10(11)14/h3-5,8H,6-7,14H2,1-2H3. The largest absolute Gasteiger partial charge is 0.398 e. The van der Waals surface area contributed by atoms with Crippen LogP contribution in [0.3, 0.4) is 0 Å². The maximum atomic E-state index is 11.2. The lowest BCUT2D eigenvalue weighted by Crippen LogP contribution is -2.12. The first kappa shape index (κ1) is 14.9. The molecular weight excluding hydrogens is 298 g/mol. The monoisotopic (exact) mass is 313 g/mol. The third-order valence-corrected chi connectivity index (χ3v) is 4.13. The van der Waals surface area contributed by atoms with E-state index in [1.807, 2.05) is 6.92 Å². The summed E-state index contributed by atoms with van der Waals surface area (Å²) < 4.78 is 12.9. The Kier molecular flexibility index (Phi) is 4.72. The number of halogens is 1. The highest BCUT2D eigenvalue weighted by molar-refractivity contribution is 7.84. The Balaban J connectivity index is 2.35. The Bertz CT molecular complexity index is 610. The lowest BCUT2D eigenvalue weighted by Gasteiger charge is -2.14. The molecule has 1 aromatic carbocycles. The van der Waals surface area contributed by atoms with Crippen LogP contribution in [-0.2, 0) is 10.8 Å². The van der Waals surface area contributed by atoms with Crippen molar-refractivity contribution >= 4 is 28.1 Å². The van der Waals surface area contributed by atoms with Crippen molar-refractivity contribution in [2.45, 2.75) is 19.4 Å². The lowest BCUT2D eigenvalue weighted by atomic mass is 10.1. The SMILES string of the molecule is CC(CCS(C)=O)n1nnnc1-c1c(N)cccc1Cl. The fourth-order valence-electron chi connectivity index (χ4n) is 1.89. The molecule has 0 saturated carbocycles. The van der Waals surface area contributed by atoms with Gasteiger partial charge in [0, 0.05) is 28.5 Å². The fraction of sp³-hybridized carbons (Fsp3) is 0.417. The van der Waals surface area contributed by atoms with E-state index >= 15 is 0 Å². The molecule has 2 atom stereocenters. The summed E-state index contributed by atoms with van der Waals surface area (Å²) in [6, 6.07) is 5.29. The van der Waals surface area contributed by atoms with Gasteiger partial charge in [0.2, 0.25) is 0 Å². The summed E-state index contributed by atoms with van der Waals surface area (Å²) in [6.07, 6.45) is 2.39. The number of tetrazole rings is 1. The van der Waals surface area contributed by atoms with Gasteiger partial charge in [-0.05, 0) is 35.9 Å². The van der Waals surface area contributed by atoms with Gasteiger partial charge in [0.05, 0.1) is 16.6 Å². The summed E-state index contributed by atoms with van der Waals surface area (Å²) in [7, 11) is -0.840. The van der Waals surface area contributed by atoms with Gasteiger partial charge in [-0.1, -0.05) is 17.7 Å². The van der Waals surface area contributed by atoms with Crippen LogP contribution in [0.1, 0.15) is 19.4 Å². The summed E-state index contributed by atoms with van der Waals surface area (Å²) in [4.78, 5) is 0. The van der Waals surface area contributed by atoms with E-state index in [1.54, 1.807) is 29.1 Å². The summed E-state index contributed by atoms with van der Waals surface area (Å²) in [5.41, 5.74) is 7.12. The molecule has 1 aromatic heterocycles. The van der Waals surface area contributed by atoms with Gasteiger partial charge < -0.3 is 5.73 Å². The molecule has 0 spiro atoms. The quantitative estimate of drug-likeness (QED) is 0.852. The highest BCUT2D eigenvalue weighted by Crippen LogP contribution is 2.32. The van der Waals surface area contributed by atoms with Crippen LogP contribution in [0.5, 0.6) is 0 Å². The van der Waals surface area contributed by atoms with E-state index in [9.17, 15) is 4.21 Å². The summed E-state index contributed by atoms with van der Waals surface area (Å²) in [5, 5.41) is 12.2. The Morgan fingerprint density at radius 2 is 2.25 bits per heavy atom. The third-order valence-electron chi connectivity index (χ3n) is 3.00. The summed E-state index contributed by atoms with van der Waals surface area (Å²) in [5.74, 6) is 1.13. The maximum Gasteiger partial charge on any atom is 0.185 e. The van der Waals surface area contributed by atoms with Gasteiger partial charge in [-0.3, -0.25) is 4.21 Å². The van der Waals surface area contributed by atoms with Crippen LogP contribution in [0.4, 0.5) is 5.69 Å². The number of aromatic nitrogens is 4. The van der Waals surface area contributed by atoms with Crippen molar-refractivity contribution in [1.29, 1.82) is 0 Å². The molecule has 108 valence electrons. The minimum atomic E-state index is -0.840. The first-order chi connectivity index (χ1) is 9.50. The van der Waals surface area contributed by atoms with E-state index in [0.717, 1.165) is 0 Å². The molecule has 0 bridgehead atoms. The topological polar surface area (TPSA) is 86.7 Å². The molecule has 0 fully saturated rings. The Labute approximate surface area is 124 Å². The fourth-order valence-corrected chi connectivity index (χ4v) is 2.83. The maximum absolute atomic E-state index is 11.2. The van der Waals surface area contributed by atoms with E-state index < -0.39 is 10.8 Å². The Morgan fingerprint density at radius 3 is 2.90 bits per heavy atom. The van der Waals surface area contributed by atoms with Gasteiger partial charge in [-0.15, -0.1) is 5.10 Å². The predicted molar refractivity (Wildman–Crippen MR) is 80.9 cm³/mol. The molecule has 2 N–H and O–H groups in total. The molecule has 6 nitrogen and oxygen atoms in total. The third kappa shape index (κ3) is 3.16. The van der Waals surface area contributed by atoms with Gasteiger partial charge in [0.15, 0.2) is 5.82 Å². The normalized spacial score (nSPS) is 14.2. The predicted octanol–water partition coefficient (Wildman–Crippen LogP) is 1.91. The number of rotatable bonds is 5. The average molecular weight is 314 g/mol. The number of hydrogen-bond acceptors (Lipinski definition) is 5. The Hall–Kier alpha value is -1.47. The van der Waals surface area contributed by atoms with Crippen LogP contribution < -0.4 is 5.73 Å². The van der Waals surface area contributed by atoms with Gasteiger partial charge in [-0.25, -0.2) is 4.68 Å². The van der Waals surface area contributed by atoms with Crippen molar-refractivity contribution < 1.29 is 4.21 Å². The second-order valence-electron chi connectivity index (χ2n) is 4.57. The number of anilines is 1. The molecule has 0 amide bonds. The smallest absolute Gasteiger partial charge is 0.185 e. The molecule has 20 heavy (non-hydrogen) atoms. The number of hydrogen-bond donors (Lipinski definition) is 1. The van der Waals surface area contributed by atoms with Crippen LogP contribution in [-0.4, -0.2) is 36.4 Å². The van der Waals surface area contributed by atoms with Crippen LogP contribution >= 0.6 is 11.6 Å². The minimum Gasteiger partial charge on any atom is -0.398 e. The van der Waals surface area contributed by atoms with Gasteiger partial charge >= 0.3 is 0 Å². The van der Waals surface area contributed by atoms with E-state index in [4.69, 9.17) is 17.3 Å². The molecule has 0 aliphatic heterocycles. The highest BCUT2D eigenvalue weighted by atomic mass is 35.5. The molecule has 0 aliphatic rings. The molecule has 1 heterocycles. The second-order valence-corrected chi connectivity index (χ2v) is 6.53. The van der Waals surface area contributed by atoms with Gasteiger partial charge in [0.1, 0.15) is 0 Å². The zero-order chi connectivity index (χ0) is 14.7. The minimum absolute atomic E-state index is 0.0135. The van der Waals surface area contributed by atoms with Crippen LogP contribution in [0.15, 0.2) is 18.2 Å². The zero-order valence-electron chi connectivity index (χ0n) is 11.3. The number of benzene rings is 1. The van der Waals surface area contributed by atoms with Crippen LogP contribution in [0.2, 0.25) is 5.02 Å². The first-order valence-corrected chi connectivity index (χ1v) is 8.23. The molecule has 8 heteroatoms. The van der Waals surface area contributed by atoms with Crippen LogP contribution in [0.25, 0.3) is 11.4 Å². The Morgan fingerprint density at radius 1 is 1.50 bits per heavy atom. The van der Waals surface area contributed by atoms with Gasteiger partial charge in [-0.2, -0.15) is 0 Å². The molecule has 2 aromatic rings. The number of nitrogens with two attached hydrogens (primary N) is 1. The molecule has 0 radical (unpaired) electrons. The van der Waals surface area contributed by atoms with E-state index in [0.29, 0.717) is 34.3 Å². The molecule has 0 aliphatic carbocycles. The van der Waals surface area contributed by atoms with Crippen molar-refractivity contribution in [3.8, 4) is 11.4 Å². The van der Waals surface area contributed by atoms with Crippen molar-refractivity contribution in [3.63, 3.8) is 0 Å². The number of nitrogen functional groups attached to an aromatic ring is 1. The van der Waals surface area contributed by atoms with Crippen molar-refractivity contribution in [3.05, 3.63) is 23.2 Å². The van der Waals surface area contributed by atoms with Crippen molar-refractivity contribution in [2.24, 2.45) is 0 Å².